The van der Waals surface area contributed by atoms with Gasteiger partial charge in [-0.05, 0) is 24.1 Å². The van der Waals surface area contributed by atoms with Crippen LogP contribution in [0.3, 0.4) is 0 Å². The number of nitrogens with one attached hydrogen (secondary N) is 1. The smallest absolute Gasteiger partial charge is 0.252 e. The zero-order valence-corrected chi connectivity index (χ0v) is 15.7. The molecule has 3 heterocycles. The van der Waals surface area contributed by atoms with Gasteiger partial charge in [-0.1, -0.05) is 18.2 Å². The number of nitrogens with zero attached hydrogens (tertiary/aromatic N) is 2. The number of piperidine rings is 1. The van der Waals surface area contributed by atoms with Crippen LogP contribution < -0.4 is 10.2 Å². The Morgan fingerprint density at radius 2 is 1.93 bits per heavy atom. The fourth-order valence-electron chi connectivity index (χ4n) is 3.73. The molecule has 7 heteroatoms. The Morgan fingerprint density at radius 1 is 1.18 bits per heavy atom. The molecule has 28 heavy (non-hydrogen) atoms. The van der Waals surface area contributed by atoms with Crippen LogP contribution in [0.2, 0.25) is 0 Å². The topological polar surface area (TPSA) is 63.7 Å². The number of amides is 1. The van der Waals surface area contributed by atoms with Gasteiger partial charge in [0.25, 0.3) is 5.91 Å². The number of carbonyl (C=O) groups excluding carboxylic acids is 1. The van der Waals surface area contributed by atoms with Crippen molar-refractivity contribution in [2.75, 3.05) is 37.7 Å². The summed E-state index contributed by atoms with van der Waals surface area (Å²) in [5.74, 6) is -0.883. The standard InChI is InChI=1S/C21H24FN3O3/c22-19-4-2-1-3-16(19)5-8-24-20(26)17-13-18(15-23-14-17)25-9-6-21(7-10-25)27-11-12-28-21/h1-4,13-15H,5-12H2,(H,24,26). The fourth-order valence-corrected chi connectivity index (χ4v) is 3.73. The van der Waals surface area contributed by atoms with Crippen molar-refractivity contribution in [1.29, 1.82) is 0 Å². The number of hydrogen-bond donors (Lipinski definition) is 1. The number of anilines is 1. The molecule has 0 bridgehead atoms. The Hall–Kier alpha value is -2.51. The van der Waals surface area contributed by atoms with Crippen LogP contribution in [0.1, 0.15) is 28.8 Å². The first-order valence-electron chi connectivity index (χ1n) is 9.65. The van der Waals surface area contributed by atoms with Crippen LogP contribution >= 0.6 is 0 Å². The molecule has 1 aromatic heterocycles. The second-order valence-corrected chi connectivity index (χ2v) is 7.12. The summed E-state index contributed by atoms with van der Waals surface area (Å²) in [6.45, 7) is 3.26. The lowest BCUT2D eigenvalue weighted by Gasteiger charge is -2.38. The Bertz CT molecular complexity index is 829. The zero-order valence-electron chi connectivity index (χ0n) is 15.7. The van der Waals surface area contributed by atoms with E-state index in [0.29, 0.717) is 37.3 Å². The van der Waals surface area contributed by atoms with E-state index in [9.17, 15) is 9.18 Å². The normalized spacial score (nSPS) is 18.4. The molecule has 0 saturated carbocycles. The molecule has 1 aromatic carbocycles. The van der Waals surface area contributed by atoms with Crippen molar-refractivity contribution in [2.24, 2.45) is 0 Å². The average molecular weight is 385 g/mol. The Balaban J connectivity index is 1.33. The lowest BCUT2D eigenvalue weighted by molar-refractivity contribution is -0.169. The van der Waals surface area contributed by atoms with E-state index in [4.69, 9.17) is 9.47 Å². The number of carbonyl (C=O) groups is 1. The molecule has 2 saturated heterocycles. The van der Waals surface area contributed by atoms with E-state index in [0.717, 1.165) is 31.6 Å². The van der Waals surface area contributed by atoms with E-state index in [2.05, 4.69) is 15.2 Å². The molecule has 0 unspecified atom stereocenters. The summed E-state index contributed by atoms with van der Waals surface area (Å²) in [6.07, 6.45) is 5.36. The van der Waals surface area contributed by atoms with Gasteiger partial charge in [-0.15, -0.1) is 0 Å². The highest BCUT2D eigenvalue weighted by Gasteiger charge is 2.39. The summed E-state index contributed by atoms with van der Waals surface area (Å²) < 4.78 is 25.2. The van der Waals surface area contributed by atoms with E-state index in [1.54, 1.807) is 30.6 Å². The van der Waals surface area contributed by atoms with Gasteiger partial charge >= 0.3 is 0 Å². The van der Waals surface area contributed by atoms with E-state index >= 15 is 0 Å². The van der Waals surface area contributed by atoms with Crippen LogP contribution in [-0.4, -0.2) is 49.5 Å². The monoisotopic (exact) mass is 385 g/mol. The summed E-state index contributed by atoms with van der Waals surface area (Å²) in [5, 5.41) is 2.84. The molecule has 1 spiro atoms. The highest BCUT2D eigenvalue weighted by molar-refractivity contribution is 5.94. The second-order valence-electron chi connectivity index (χ2n) is 7.12. The third-order valence-electron chi connectivity index (χ3n) is 5.33. The van der Waals surface area contributed by atoms with Gasteiger partial charge in [0.15, 0.2) is 5.79 Å². The van der Waals surface area contributed by atoms with Crippen LogP contribution in [0.15, 0.2) is 42.7 Å². The van der Waals surface area contributed by atoms with Crippen molar-refractivity contribution in [3.8, 4) is 0 Å². The van der Waals surface area contributed by atoms with Gasteiger partial charge in [0.2, 0.25) is 0 Å². The molecule has 0 radical (unpaired) electrons. The van der Waals surface area contributed by atoms with Gasteiger partial charge in [0.1, 0.15) is 5.82 Å². The average Bonchev–Trinajstić information content (AvgIpc) is 3.18. The first-order chi connectivity index (χ1) is 13.7. The molecule has 4 rings (SSSR count). The van der Waals surface area contributed by atoms with Crippen molar-refractivity contribution in [3.63, 3.8) is 0 Å². The van der Waals surface area contributed by atoms with Crippen LogP contribution in [0, 0.1) is 5.82 Å². The zero-order chi connectivity index (χ0) is 19.4. The largest absolute Gasteiger partial charge is 0.370 e. The van der Waals surface area contributed by atoms with Crippen molar-refractivity contribution in [3.05, 3.63) is 59.7 Å². The van der Waals surface area contributed by atoms with Crippen molar-refractivity contribution < 1.29 is 18.7 Å². The van der Waals surface area contributed by atoms with E-state index in [1.165, 1.54) is 6.07 Å². The molecule has 0 aliphatic carbocycles. The summed E-state index contributed by atoms with van der Waals surface area (Å²) >= 11 is 0. The number of rotatable bonds is 5. The molecule has 6 nitrogen and oxygen atoms in total. The quantitative estimate of drug-likeness (QED) is 0.857. The minimum atomic E-state index is -0.425. The lowest BCUT2D eigenvalue weighted by atomic mass is 10.0. The summed E-state index contributed by atoms with van der Waals surface area (Å²) in [4.78, 5) is 18.9. The van der Waals surface area contributed by atoms with Gasteiger partial charge < -0.3 is 19.7 Å². The number of ether oxygens (including phenoxy) is 2. The SMILES string of the molecule is O=C(NCCc1ccccc1F)c1cncc(N2CCC3(CC2)OCCO3)c1. The van der Waals surface area contributed by atoms with Gasteiger partial charge in [0.05, 0.1) is 30.7 Å². The highest BCUT2D eigenvalue weighted by Crippen LogP contribution is 2.33. The summed E-state index contributed by atoms with van der Waals surface area (Å²) in [5.41, 5.74) is 2.00. The third-order valence-corrected chi connectivity index (χ3v) is 5.33. The van der Waals surface area contributed by atoms with Crippen molar-refractivity contribution >= 4 is 11.6 Å². The van der Waals surface area contributed by atoms with Crippen LogP contribution in [0.25, 0.3) is 0 Å². The molecule has 2 aliphatic rings. The molecular weight excluding hydrogens is 361 g/mol. The minimum absolute atomic E-state index is 0.207. The third kappa shape index (κ3) is 4.15. The maximum absolute atomic E-state index is 13.7. The summed E-state index contributed by atoms with van der Waals surface area (Å²) in [6, 6.07) is 8.44. The van der Waals surface area contributed by atoms with Crippen LogP contribution in [0.5, 0.6) is 0 Å². The Kier molecular flexibility index (Phi) is 5.54. The van der Waals surface area contributed by atoms with Gasteiger partial charge in [0, 0.05) is 38.7 Å². The Labute approximate surface area is 163 Å². The molecule has 2 aliphatic heterocycles. The maximum atomic E-state index is 13.7. The second kappa shape index (κ2) is 8.24. The molecule has 2 aromatic rings. The maximum Gasteiger partial charge on any atom is 0.252 e. The van der Waals surface area contributed by atoms with Crippen molar-refractivity contribution in [1.82, 2.24) is 10.3 Å². The fraction of sp³-hybridized carbons (Fsp3) is 0.429. The van der Waals surface area contributed by atoms with Gasteiger partial charge in [-0.2, -0.15) is 0 Å². The molecule has 1 amide bonds. The predicted molar refractivity (Wildman–Crippen MR) is 103 cm³/mol. The van der Waals surface area contributed by atoms with Crippen LogP contribution in [-0.2, 0) is 15.9 Å². The number of pyridine rings is 1. The number of benzene rings is 1. The highest BCUT2D eigenvalue weighted by atomic mass is 19.1. The molecule has 1 N–H and O–H groups in total. The van der Waals surface area contributed by atoms with E-state index < -0.39 is 5.79 Å². The summed E-state index contributed by atoms with van der Waals surface area (Å²) in [7, 11) is 0. The molecule has 148 valence electrons. The predicted octanol–water partition coefficient (Wildman–Crippen LogP) is 2.54. The lowest BCUT2D eigenvalue weighted by Crippen LogP contribution is -2.45. The Morgan fingerprint density at radius 3 is 2.68 bits per heavy atom. The number of aromatic nitrogens is 1. The van der Waals surface area contributed by atoms with Gasteiger partial charge in [-0.25, -0.2) is 4.39 Å². The van der Waals surface area contributed by atoms with Crippen molar-refractivity contribution in [2.45, 2.75) is 25.0 Å². The van der Waals surface area contributed by atoms with E-state index in [1.807, 2.05) is 6.07 Å². The first kappa shape index (κ1) is 18.8. The van der Waals surface area contributed by atoms with E-state index in [-0.39, 0.29) is 11.7 Å². The minimum Gasteiger partial charge on any atom is -0.370 e. The first-order valence-corrected chi connectivity index (χ1v) is 9.65. The molecular formula is C21H24FN3O3. The number of hydrogen-bond acceptors (Lipinski definition) is 5. The van der Waals surface area contributed by atoms with Crippen LogP contribution in [0.4, 0.5) is 10.1 Å². The molecule has 0 atom stereocenters. The number of halogens is 1. The van der Waals surface area contributed by atoms with Gasteiger partial charge in [-0.3, -0.25) is 9.78 Å². The molecule has 2 fully saturated rings.